The topological polar surface area (TPSA) is 81.7 Å². The van der Waals surface area contributed by atoms with Gasteiger partial charge in [-0.15, -0.1) is 10.2 Å². The van der Waals surface area contributed by atoms with E-state index in [4.69, 9.17) is 4.74 Å². The van der Waals surface area contributed by atoms with Crippen molar-refractivity contribution >= 4 is 0 Å². The van der Waals surface area contributed by atoms with Gasteiger partial charge < -0.3 is 9.84 Å². The van der Waals surface area contributed by atoms with Crippen LogP contribution >= 0.6 is 0 Å². The molecule has 0 unspecified atom stereocenters. The van der Waals surface area contributed by atoms with Gasteiger partial charge in [-0.2, -0.15) is 0 Å². The van der Waals surface area contributed by atoms with E-state index in [0.29, 0.717) is 5.75 Å². The van der Waals surface area contributed by atoms with E-state index in [0.717, 1.165) is 0 Å². The molecule has 0 fully saturated rings. The van der Waals surface area contributed by atoms with Crippen LogP contribution in [-0.4, -0.2) is 0 Å². The quantitative estimate of drug-likeness (QED) is 0.658. The van der Waals surface area contributed by atoms with Gasteiger partial charge in [0, 0.05) is 5.75 Å². The number of hydrogen-bond donors (Lipinski definition) is 0. The molecule has 14 heavy (non-hydrogen) atoms. The van der Waals surface area contributed by atoms with Crippen LogP contribution < -0.4 is 9.84 Å². The first-order chi connectivity index (χ1) is 6.86. The predicted molar refractivity (Wildman–Crippen MR) is 43.8 cm³/mol. The number of hydrogen-bond acceptors (Lipinski definition) is 6. The SMILES string of the molecule is [O-]C(Oc1ccccc1)=C1N=NN=N1. The summed E-state index contributed by atoms with van der Waals surface area (Å²) in [5, 5.41) is 24.3. The molecule has 1 aliphatic rings. The zero-order valence-electron chi connectivity index (χ0n) is 6.99. The predicted octanol–water partition coefficient (Wildman–Crippen LogP) is 1.39. The van der Waals surface area contributed by atoms with Crippen LogP contribution in [0.25, 0.3) is 0 Å². The largest absolute Gasteiger partial charge is 0.577 e. The molecule has 0 saturated carbocycles. The molecule has 0 aliphatic carbocycles. The third kappa shape index (κ3) is 1.74. The highest BCUT2D eigenvalue weighted by Gasteiger charge is 2.01. The fourth-order valence-electron chi connectivity index (χ4n) is 0.868. The molecule has 1 heterocycles. The zero-order valence-corrected chi connectivity index (χ0v) is 6.99. The van der Waals surface area contributed by atoms with E-state index < -0.39 is 5.95 Å². The summed E-state index contributed by atoms with van der Waals surface area (Å²) >= 11 is 0. The van der Waals surface area contributed by atoms with E-state index in [1.807, 2.05) is 6.07 Å². The normalized spacial score (nSPS) is 13.3. The number of benzene rings is 1. The lowest BCUT2D eigenvalue weighted by Gasteiger charge is -2.14. The van der Waals surface area contributed by atoms with Crippen molar-refractivity contribution in [2.24, 2.45) is 20.7 Å². The summed E-state index contributed by atoms with van der Waals surface area (Å²) < 4.78 is 4.91. The maximum Gasteiger partial charge on any atom is 0.221 e. The van der Waals surface area contributed by atoms with Crippen LogP contribution in [0.4, 0.5) is 0 Å². The minimum Gasteiger partial charge on any atom is -0.577 e. The fraction of sp³-hybridized carbons (Fsp3) is 0. The Labute approximate surface area is 79.2 Å². The van der Waals surface area contributed by atoms with E-state index >= 15 is 0 Å². The maximum absolute atomic E-state index is 11.2. The molecular weight excluding hydrogens is 184 g/mol. The van der Waals surface area contributed by atoms with Crippen molar-refractivity contribution in [2.75, 3.05) is 0 Å². The molecule has 0 radical (unpaired) electrons. The summed E-state index contributed by atoms with van der Waals surface area (Å²) in [6.45, 7) is 0. The third-order valence-electron chi connectivity index (χ3n) is 1.46. The maximum atomic E-state index is 11.2. The lowest BCUT2D eigenvalue weighted by atomic mass is 10.3. The molecular formula is C8H5N4O2-. The first-order valence-corrected chi connectivity index (χ1v) is 3.82. The number of ether oxygens (including phenoxy) is 1. The van der Waals surface area contributed by atoms with Gasteiger partial charge in [0.05, 0.1) is 0 Å². The monoisotopic (exact) mass is 189 g/mol. The Morgan fingerprint density at radius 3 is 2.36 bits per heavy atom. The Morgan fingerprint density at radius 2 is 1.71 bits per heavy atom. The average Bonchev–Trinajstić information content (AvgIpc) is 2.72. The summed E-state index contributed by atoms with van der Waals surface area (Å²) in [6, 6.07) is 8.64. The van der Waals surface area contributed by atoms with Crippen molar-refractivity contribution in [3.8, 4) is 5.75 Å². The summed E-state index contributed by atoms with van der Waals surface area (Å²) in [4.78, 5) is 0. The smallest absolute Gasteiger partial charge is 0.221 e. The molecule has 0 spiro atoms. The molecule has 0 aromatic heterocycles. The highest BCUT2D eigenvalue weighted by atomic mass is 16.6. The van der Waals surface area contributed by atoms with Gasteiger partial charge in [0.1, 0.15) is 5.95 Å². The summed E-state index contributed by atoms with van der Waals surface area (Å²) in [7, 11) is 0. The second-order valence-electron chi connectivity index (χ2n) is 2.41. The van der Waals surface area contributed by atoms with Gasteiger partial charge in [0.25, 0.3) is 0 Å². The van der Waals surface area contributed by atoms with Gasteiger partial charge in [-0.25, -0.2) is 0 Å². The lowest BCUT2D eigenvalue weighted by Crippen LogP contribution is -2.12. The zero-order chi connectivity index (χ0) is 9.80. The summed E-state index contributed by atoms with van der Waals surface area (Å²) in [5.74, 6) is -0.377. The van der Waals surface area contributed by atoms with Gasteiger partial charge in [-0.05, 0) is 22.6 Å². The van der Waals surface area contributed by atoms with Crippen LogP contribution in [0.15, 0.2) is 62.8 Å². The fourth-order valence-corrected chi connectivity index (χ4v) is 0.868. The van der Waals surface area contributed by atoms with Gasteiger partial charge >= 0.3 is 0 Å². The highest BCUT2D eigenvalue weighted by Crippen LogP contribution is 2.16. The molecule has 0 amide bonds. The van der Waals surface area contributed by atoms with Crippen molar-refractivity contribution in [3.05, 3.63) is 42.1 Å². The van der Waals surface area contributed by atoms with Gasteiger partial charge in [0.2, 0.25) is 5.82 Å². The molecule has 6 heteroatoms. The molecule has 6 nitrogen and oxygen atoms in total. The van der Waals surface area contributed by atoms with Crippen molar-refractivity contribution < 1.29 is 9.84 Å². The Balaban J connectivity index is 2.16. The standard InChI is InChI=1S/C8H6N4O2/c13-8(7-9-11-12-10-7)14-6-4-2-1-3-5-6/h1-5,13H/p-1. The second kappa shape index (κ2) is 3.65. The first-order valence-electron chi connectivity index (χ1n) is 3.82. The van der Waals surface area contributed by atoms with Crippen molar-refractivity contribution in [2.45, 2.75) is 0 Å². The van der Waals surface area contributed by atoms with Gasteiger partial charge in [-0.3, -0.25) is 0 Å². The number of para-hydroxylation sites is 1. The molecule has 1 aromatic rings. The van der Waals surface area contributed by atoms with Crippen LogP contribution in [0, 0.1) is 0 Å². The van der Waals surface area contributed by atoms with E-state index in [-0.39, 0.29) is 5.82 Å². The summed E-state index contributed by atoms with van der Waals surface area (Å²) in [5.41, 5.74) is 0. The minimum absolute atomic E-state index is 0.145. The average molecular weight is 189 g/mol. The molecule has 0 N–H and O–H groups in total. The lowest BCUT2D eigenvalue weighted by molar-refractivity contribution is -0.344. The molecule has 2 rings (SSSR count). The molecule has 1 aliphatic heterocycles. The number of nitrogens with zero attached hydrogens (tertiary/aromatic N) is 4. The van der Waals surface area contributed by atoms with Crippen LogP contribution in [0.3, 0.4) is 0 Å². The molecule has 70 valence electrons. The molecule has 1 aromatic carbocycles. The Hall–Kier alpha value is -2.24. The highest BCUT2D eigenvalue weighted by molar-refractivity contribution is 5.22. The van der Waals surface area contributed by atoms with Crippen molar-refractivity contribution in [1.29, 1.82) is 0 Å². The summed E-state index contributed by atoms with van der Waals surface area (Å²) in [6.07, 6.45) is 0. The molecule has 0 bridgehead atoms. The number of rotatable bonds is 2. The second-order valence-corrected chi connectivity index (χ2v) is 2.41. The van der Waals surface area contributed by atoms with E-state index in [9.17, 15) is 5.11 Å². The van der Waals surface area contributed by atoms with Gasteiger partial charge in [-0.1, -0.05) is 18.2 Å². The van der Waals surface area contributed by atoms with Crippen LogP contribution in [-0.2, 0) is 0 Å². The van der Waals surface area contributed by atoms with Crippen LogP contribution in [0.2, 0.25) is 0 Å². The van der Waals surface area contributed by atoms with E-state index in [1.54, 1.807) is 24.3 Å². The van der Waals surface area contributed by atoms with Crippen molar-refractivity contribution in [3.63, 3.8) is 0 Å². The van der Waals surface area contributed by atoms with E-state index in [1.165, 1.54) is 0 Å². The third-order valence-corrected chi connectivity index (χ3v) is 1.46. The Morgan fingerprint density at radius 1 is 1.07 bits per heavy atom. The molecule has 0 atom stereocenters. The van der Waals surface area contributed by atoms with Crippen LogP contribution in [0.5, 0.6) is 5.75 Å². The Kier molecular flexibility index (Phi) is 2.18. The van der Waals surface area contributed by atoms with Crippen molar-refractivity contribution in [1.82, 2.24) is 0 Å². The minimum atomic E-state index is -0.666. The van der Waals surface area contributed by atoms with Crippen LogP contribution in [0.1, 0.15) is 0 Å². The van der Waals surface area contributed by atoms with E-state index in [2.05, 4.69) is 20.7 Å². The Bertz CT molecular complexity index is 397. The van der Waals surface area contributed by atoms with Gasteiger partial charge in [0.15, 0.2) is 0 Å². The first kappa shape index (κ1) is 8.36. The molecule has 0 saturated heterocycles.